The summed E-state index contributed by atoms with van der Waals surface area (Å²) >= 11 is 0. The predicted molar refractivity (Wildman–Crippen MR) is 64.4 cm³/mol. The van der Waals surface area contributed by atoms with Crippen molar-refractivity contribution < 1.29 is 19.4 Å². The fourth-order valence-electron chi connectivity index (χ4n) is 2.02. The van der Waals surface area contributed by atoms with Gasteiger partial charge in [0.1, 0.15) is 0 Å². The summed E-state index contributed by atoms with van der Waals surface area (Å²) in [5.74, 6) is -1.01. The van der Waals surface area contributed by atoms with Gasteiger partial charge in [0.05, 0.1) is 18.1 Å². The molecule has 1 heterocycles. The first-order valence-electron chi connectivity index (χ1n) is 5.93. The van der Waals surface area contributed by atoms with Crippen LogP contribution < -0.4 is 11.5 Å². The molecule has 1 saturated heterocycles. The van der Waals surface area contributed by atoms with Gasteiger partial charge in [-0.05, 0) is 0 Å². The molecule has 5 N–H and O–H groups in total. The highest BCUT2D eigenvalue weighted by molar-refractivity contribution is 5.87. The molecule has 1 rings (SSSR count). The van der Waals surface area contributed by atoms with Crippen LogP contribution in [0.5, 0.6) is 0 Å². The zero-order valence-electron chi connectivity index (χ0n) is 10.6. The number of nitrogens with two attached hydrogens (primary N) is 2. The third-order valence-electron chi connectivity index (χ3n) is 3.07. The van der Waals surface area contributed by atoms with E-state index in [1.165, 1.54) is 4.90 Å². The average molecular weight is 259 g/mol. The van der Waals surface area contributed by atoms with Gasteiger partial charge in [-0.15, -0.1) is 0 Å². The molecule has 104 valence electrons. The van der Waals surface area contributed by atoms with Crippen LogP contribution in [0.2, 0.25) is 0 Å². The Hall–Kier alpha value is -1.18. The molecule has 7 nitrogen and oxygen atoms in total. The second-order valence-corrected chi connectivity index (χ2v) is 4.81. The first kappa shape index (κ1) is 14.9. The van der Waals surface area contributed by atoms with Crippen LogP contribution in [0.15, 0.2) is 0 Å². The molecule has 0 saturated carbocycles. The van der Waals surface area contributed by atoms with E-state index in [-0.39, 0.29) is 13.0 Å². The lowest BCUT2D eigenvalue weighted by atomic mass is 9.93. The SMILES string of the molecule is CN(CC1(O)CCOCC1)C(=O)C(N)CC(N)=O. The van der Waals surface area contributed by atoms with Crippen LogP contribution in [-0.4, -0.2) is 60.3 Å². The molecule has 0 bridgehead atoms. The van der Waals surface area contributed by atoms with Gasteiger partial charge in [-0.2, -0.15) is 0 Å². The van der Waals surface area contributed by atoms with Crippen molar-refractivity contribution in [3.8, 4) is 0 Å². The maximum atomic E-state index is 11.8. The summed E-state index contributed by atoms with van der Waals surface area (Å²) < 4.78 is 5.16. The Morgan fingerprint density at radius 3 is 2.50 bits per heavy atom. The number of primary amides is 1. The van der Waals surface area contributed by atoms with Crippen molar-refractivity contribution in [3.05, 3.63) is 0 Å². The highest BCUT2D eigenvalue weighted by atomic mass is 16.5. The van der Waals surface area contributed by atoms with Gasteiger partial charge >= 0.3 is 0 Å². The van der Waals surface area contributed by atoms with Crippen LogP contribution in [0.25, 0.3) is 0 Å². The molecule has 2 amide bonds. The lowest BCUT2D eigenvalue weighted by molar-refractivity contribution is -0.139. The highest BCUT2D eigenvalue weighted by Crippen LogP contribution is 2.21. The summed E-state index contributed by atoms with van der Waals surface area (Å²) in [4.78, 5) is 23.9. The van der Waals surface area contributed by atoms with Crippen LogP contribution >= 0.6 is 0 Å². The minimum absolute atomic E-state index is 0.182. The number of hydrogen-bond acceptors (Lipinski definition) is 5. The van der Waals surface area contributed by atoms with E-state index in [1.54, 1.807) is 7.05 Å². The van der Waals surface area contributed by atoms with Gasteiger partial charge < -0.3 is 26.2 Å². The van der Waals surface area contributed by atoms with E-state index in [4.69, 9.17) is 16.2 Å². The number of carbonyl (C=O) groups is 2. The molecule has 7 heteroatoms. The Morgan fingerprint density at radius 1 is 1.44 bits per heavy atom. The van der Waals surface area contributed by atoms with Crippen LogP contribution in [0, 0.1) is 0 Å². The molecule has 1 aliphatic heterocycles. The van der Waals surface area contributed by atoms with Gasteiger partial charge in [0.15, 0.2) is 0 Å². The van der Waals surface area contributed by atoms with E-state index >= 15 is 0 Å². The number of likely N-dealkylation sites (N-methyl/N-ethyl adjacent to an activating group) is 1. The fraction of sp³-hybridized carbons (Fsp3) is 0.818. The monoisotopic (exact) mass is 259 g/mol. The highest BCUT2D eigenvalue weighted by Gasteiger charge is 2.33. The van der Waals surface area contributed by atoms with Crippen molar-refractivity contribution in [2.45, 2.75) is 30.9 Å². The van der Waals surface area contributed by atoms with Crippen molar-refractivity contribution in [2.24, 2.45) is 11.5 Å². The minimum Gasteiger partial charge on any atom is -0.388 e. The van der Waals surface area contributed by atoms with Crippen molar-refractivity contribution in [1.82, 2.24) is 4.90 Å². The number of nitrogens with zero attached hydrogens (tertiary/aromatic N) is 1. The van der Waals surface area contributed by atoms with Crippen molar-refractivity contribution in [3.63, 3.8) is 0 Å². The van der Waals surface area contributed by atoms with E-state index in [0.29, 0.717) is 26.1 Å². The first-order valence-corrected chi connectivity index (χ1v) is 5.93. The second-order valence-electron chi connectivity index (χ2n) is 4.81. The van der Waals surface area contributed by atoms with E-state index in [1.807, 2.05) is 0 Å². The summed E-state index contributed by atoms with van der Waals surface area (Å²) in [6, 6.07) is -0.948. The van der Waals surface area contributed by atoms with Gasteiger partial charge in [-0.1, -0.05) is 0 Å². The molecule has 0 radical (unpaired) electrons. The smallest absolute Gasteiger partial charge is 0.239 e. The number of ether oxygens (including phenoxy) is 1. The molecule has 1 aliphatic rings. The molecular weight excluding hydrogens is 238 g/mol. The number of rotatable bonds is 5. The zero-order valence-corrected chi connectivity index (χ0v) is 10.6. The standard InChI is InChI=1S/C11H21N3O4/c1-14(10(16)8(12)6-9(13)15)7-11(17)2-4-18-5-3-11/h8,17H,2-7,12H2,1H3,(H2,13,15). The predicted octanol–water partition coefficient (Wildman–Crippen LogP) is -1.81. The van der Waals surface area contributed by atoms with Gasteiger partial charge in [-0.3, -0.25) is 9.59 Å². The van der Waals surface area contributed by atoms with Crippen molar-refractivity contribution in [2.75, 3.05) is 26.8 Å². The molecule has 1 fully saturated rings. The van der Waals surface area contributed by atoms with E-state index in [9.17, 15) is 14.7 Å². The average Bonchev–Trinajstić information content (AvgIpc) is 2.27. The molecule has 0 aliphatic carbocycles. The fourth-order valence-corrected chi connectivity index (χ4v) is 2.02. The Morgan fingerprint density at radius 2 is 2.00 bits per heavy atom. The Kier molecular flexibility index (Phi) is 5.06. The quantitative estimate of drug-likeness (QED) is 0.537. The van der Waals surface area contributed by atoms with Crippen molar-refractivity contribution >= 4 is 11.8 Å². The molecule has 0 aromatic carbocycles. The van der Waals surface area contributed by atoms with E-state index in [0.717, 1.165) is 0 Å². The zero-order chi connectivity index (χ0) is 13.8. The number of hydrogen-bond donors (Lipinski definition) is 3. The van der Waals surface area contributed by atoms with Crippen molar-refractivity contribution in [1.29, 1.82) is 0 Å². The minimum atomic E-state index is -0.948. The largest absolute Gasteiger partial charge is 0.388 e. The number of carbonyl (C=O) groups excluding carboxylic acids is 2. The third-order valence-corrected chi connectivity index (χ3v) is 3.07. The maximum Gasteiger partial charge on any atom is 0.239 e. The molecule has 1 atom stereocenters. The summed E-state index contributed by atoms with van der Waals surface area (Å²) in [5, 5.41) is 10.2. The Labute approximate surface area is 106 Å². The van der Waals surface area contributed by atoms with E-state index < -0.39 is 23.5 Å². The maximum absolute atomic E-state index is 11.8. The second kappa shape index (κ2) is 6.12. The van der Waals surface area contributed by atoms with Gasteiger partial charge in [0.2, 0.25) is 11.8 Å². The van der Waals surface area contributed by atoms with Gasteiger partial charge in [0, 0.05) is 39.6 Å². The topological polar surface area (TPSA) is 119 Å². The summed E-state index contributed by atoms with van der Waals surface area (Å²) in [5.41, 5.74) is 9.62. The summed E-state index contributed by atoms with van der Waals surface area (Å²) in [6.07, 6.45) is 0.774. The van der Waals surface area contributed by atoms with Crippen LogP contribution in [0.1, 0.15) is 19.3 Å². The number of amides is 2. The molecule has 1 unspecified atom stereocenters. The summed E-state index contributed by atoms with van der Waals surface area (Å²) in [7, 11) is 1.55. The molecule has 0 aromatic rings. The van der Waals surface area contributed by atoms with Gasteiger partial charge in [0.25, 0.3) is 0 Å². The molecule has 18 heavy (non-hydrogen) atoms. The lowest BCUT2D eigenvalue weighted by Gasteiger charge is -2.36. The Bertz CT molecular complexity index is 315. The van der Waals surface area contributed by atoms with Crippen LogP contribution in [0.3, 0.4) is 0 Å². The summed E-state index contributed by atoms with van der Waals surface area (Å²) in [6.45, 7) is 1.14. The molecule has 0 spiro atoms. The molecular formula is C11H21N3O4. The lowest BCUT2D eigenvalue weighted by Crippen LogP contribution is -2.51. The van der Waals surface area contributed by atoms with Gasteiger partial charge in [-0.25, -0.2) is 0 Å². The first-order chi connectivity index (χ1) is 8.34. The van der Waals surface area contributed by atoms with Crippen LogP contribution in [-0.2, 0) is 14.3 Å². The third kappa shape index (κ3) is 4.25. The molecule has 0 aromatic heterocycles. The van der Waals surface area contributed by atoms with E-state index in [2.05, 4.69) is 0 Å². The normalized spacial score (nSPS) is 20.2. The van der Waals surface area contributed by atoms with Crippen LogP contribution in [0.4, 0.5) is 0 Å². The number of aliphatic hydroxyl groups is 1. The Balaban J connectivity index is 2.50.